The van der Waals surface area contributed by atoms with Crippen molar-refractivity contribution in [1.82, 2.24) is 10.9 Å². The number of halogens is 1. The molecule has 0 aliphatic carbocycles. The molecule has 0 aliphatic heterocycles. The zero-order chi connectivity index (χ0) is 18.8. The Kier molecular flexibility index (Phi) is 7.39. The van der Waals surface area contributed by atoms with Crippen molar-refractivity contribution in [2.45, 2.75) is 12.8 Å². The van der Waals surface area contributed by atoms with Crippen molar-refractivity contribution >= 4 is 41.1 Å². The predicted molar refractivity (Wildman–Crippen MR) is 101 cm³/mol. The second-order valence-corrected chi connectivity index (χ2v) is 5.71. The number of anilines is 1. The van der Waals surface area contributed by atoms with Crippen molar-refractivity contribution in [3.63, 3.8) is 0 Å². The van der Waals surface area contributed by atoms with E-state index in [0.29, 0.717) is 16.3 Å². The highest BCUT2D eigenvalue weighted by Crippen LogP contribution is 2.15. The second kappa shape index (κ2) is 10.0. The molecule has 0 aliphatic rings. The zero-order valence-corrected chi connectivity index (χ0v) is 14.6. The van der Waals surface area contributed by atoms with Crippen LogP contribution in [0.5, 0.6) is 0 Å². The second-order valence-electron chi connectivity index (χ2n) is 5.31. The molecule has 0 heterocycles. The minimum Gasteiger partial charge on any atom is -0.326 e. The third-order valence-corrected chi connectivity index (χ3v) is 3.63. The van der Waals surface area contributed by atoms with E-state index < -0.39 is 11.8 Å². The monoisotopic (exact) mass is 371 g/mol. The molecule has 0 atom stereocenters. The van der Waals surface area contributed by atoms with Gasteiger partial charge in [0.05, 0.1) is 0 Å². The van der Waals surface area contributed by atoms with E-state index in [1.165, 1.54) is 12.2 Å². The fraction of sp³-hybridized carbons (Fsp3) is 0.105. The first-order valence-corrected chi connectivity index (χ1v) is 8.29. The summed E-state index contributed by atoms with van der Waals surface area (Å²) < 4.78 is 0. The molecule has 0 fully saturated rings. The van der Waals surface area contributed by atoms with Crippen molar-refractivity contribution in [2.24, 2.45) is 0 Å². The molecule has 2 aromatic carbocycles. The SMILES string of the molecule is O=C(/C=C/c1ccccc1Cl)NNC(=O)CCC(=O)Nc1ccccc1. The van der Waals surface area contributed by atoms with Gasteiger partial charge in [-0.05, 0) is 29.8 Å². The van der Waals surface area contributed by atoms with E-state index in [1.807, 2.05) is 6.07 Å². The fourth-order valence-electron chi connectivity index (χ4n) is 1.98. The Morgan fingerprint density at radius 1 is 0.846 bits per heavy atom. The van der Waals surface area contributed by atoms with Crippen molar-refractivity contribution in [3.05, 3.63) is 71.3 Å². The number of para-hydroxylation sites is 1. The predicted octanol–water partition coefficient (Wildman–Crippen LogP) is 2.92. The molecule has 0 saturated carbocycles. The first-order valence-electron chi connectivity index (χ1n) is 7.91. The highest BCUT2D eigenvalue weighted by atomic mass is 35.5. The average molecular weight is 372 g/mol. The molecule has 0 aromatic heterocycles. The van der Waals surface area contributed by atoms with Crippen LogP contribution in [0.25, 0.3) is 6.08 Å². The summed E-state index contributed by atoms with van der Waals surface area (Å²) in [5.74, 6) is -1.25. The van der Waals surface area contributed by atoms with E-state index in [-0.39, 0.29) is 18.7 Å². The first-order chi connectivity index (χ1) is 12.5. The Hall–Kier alpha value is -3.12. The molecule has 0 unspecified atom stereocenters. The summed E-state index contributed by atoms with van der Waals surface area (Å²) in [5, 5.41) is 3.19. The number of benzene rings is 2. The number of hydrogen-bond donors (Lipinski definition) is 3. The standard InChI is InChI=1S/C19H18ClN3O3/c20-16-9-5-4-6-14(16)10-11-18(25)22-23-19(26)13-12-17(24)21-15-7-2-1-3-8-15/h1-11H,12-13H2,(H,21,24)(H,22,25)(H,23,26)/b11-10+. The maximum absolute atomic E-state index is 11.7. The normalized spacial score (nSPS) is 10.3. The third kappa shape index (κ3) is 6.78. The lowest BCUT2D eigenvalue weighted by atomic mass is 10.2. The fourth-order valence-corrected chi connectivity index (χ4v) is 2.18. The molecule has 0 spiro atoms. The van der Waals surface area contributed by atoms with Gasteiger partial charge in [-0.2, -0.15) is 0 Å². The van der Waals surface area contributed by atoms with Gasteiger partial charge in [0, 0.05) is 29.6 Å². The molecule has 26 heavy (non-hydrogen) atoms. The summed E-state index contributed by atoms with van der Waals surface area (Å²) >= 11 is 5.97. The number of hydrogen-bond acceptors (Lipinski definition) is 3. The number of nitrogens with one attached hydrogen (secondary N) is 3. The third-order valence-electron chi connectivity index (χ3n) is 3.28. The summed E-state index contributed by atoms with van der Waals surface area (Å²) in [5.41, 5.74) is 5.85. The van der Waals surface area contributed by atoms with Crippen LogP contribution in [0.2, 0.25) is 5.02 Å². The lowest BCUT2D eigenvalue weighted by Gasteiger charge is -2.06. The first kappa shape index (κ1) is 19.2. The number of rotatable bonds is 6. The smallest absolute Gasteiger partial charge is 0.262 e. The Bertz CT molecular complexity index is 807. The zero-order valence-electron chi connectivity index (χ0n) is 13.9. The molecule has 7 heteroatoms. The Balaban J connectivity index is 1.69. The lowest BCUT2D eigenvalue weighted by molar-refractivity contribution is -0.128. The van der Waals surface area contributed by atoms with Crippen LogP contribution < -0.4 is 16.2 Å². The highest BCUT2D eigenvalue weighted by Gasteiger charge is 2.07. The molecule has 6 nitrogen and oxygen atoms in total. The summed E-state index contributed by atoms with van der Waals surface area (Å²) in [7, 11) is 0. The minimum absolute atomic E-state index is 0.00601. The van der Waals surface area contributed by atoms with Crippen LogP contribution in [0, 0.1) is 0 Å². The van der Waals surface area contributed by atoms with Crippen molar-refractivity contribution < 1.29 is 14.4 Å². The largest absolute Gasteiger partial charge is 0.326 e. The van der Waals surface area contributed by atoms with E-state index in [4.69, 9.17) is 11.6 Å². The van der Waals surface area contributed by atoms with Gasteiger partial charge in [0.15, 0.2) is 0 Å². The molecule has 0 saturated heterocycles. The van der Waals surface area contributed by atoms with Crippen molar-refractivity contribution in [1.29, 1.82) is 0 Å². The number of amides is 3. The quantitative estimate of drug-likeness (QED) is 0.539. The van der Waals surface area contributed by atoms with Crippen LogP contribution in [0.15, 0.2) is 60.7 Å². The molecule has 0 radical (unpaired) electrons. The van der Waals surface area contributed by atoms with Crippen LogP contribution >= 0.6 is 11.6 Å². The van der Waals surface area contributed by atoms with Crippen LogP contribution in [0.4, 0.5) is 5.69 Å². The van der Waals surface area contributed by atoms with Crippen molar-refractivity contribution in [3.8, 4) is 0 Å². The molecule has 2 rings (SSSR count). The Morgan fingerprint density at radius 3 is 2.23 bits per heavy atom. The minimum atomic E-state index is -0.507. The van der Waals surface area contributed by atoms with Crippen molar-refractivity contribution in [2.75, 3.05) is 5.32 Å². The highest BCUT2D eigenvalue weighted by molar-refractivity contribution is 6.32. The molecule has 3 N–H and O–H groups in total. The van der Waals surface area contributed by atoms with Crippen LogP contribution in [0.1, 0.15) is 18.4 Å². The van der Waals surface area contributed by atoms with Gasteiger partial charge in [0.1, 0.15) is 0 Å². The van der Waals surface area contributed by atoms with E-state index in [9.17, 15) is 14.4 Å². The molecule has 134 valence electrons. The van der Waals surface area contributed by atoms with E-state index >= 15 is 0 Å². The lowest BCUT2D eigenvalue weighted by Crippen LogP contribution is -2.41. The molecule has 2 aromatic rings. The maximum Gasteiger partial charge on any atom is 0.262 e. The van der Waals surface area contributed by atoms with Gasteiger partial charge in [-0.25, -0.2) is 0 Å². The molecule has 3 amide bonds. The van der Waals surface area contributed by atoms with Crippen LogP contribution in [0.3, 0.4) is 0 Å². The molecular weight excluding hydrogens is 354 g/mol. The Labute approximate surface area is 156 Å². The molecule has 0 bridgehead atoms. The van der Waals surface area contributed by atoms with Gasteiger partial charge in [-0.1, -0.05) is 48.0 Å². The average Bonchev–Trinajstić information content (AvgIpc) is 2.65. The number of carbonyl (C=O) groups excluding carboxylic acids is 3. The number of carbonyl (C=O) groups is 3. The van der Waals surface area contributed by atoms with Crippen LogP contribution in [-0.4, -0.2) is 17.7 Å². The van der Waals surface area contributed by atoms with E-state index in [0.717, 1.165) is 0 Å². The summed E-state index contributed by atoms with van der Waals surface area (Å²) in [4.78, 5) is 35.1. The van der Waals surface area contributed by atoms with Gasteiger partial charge >= 0.3 is 0 Å². The van der Waals surface area contributed by atoms with Gasteiger partial charge in [0.2, 0.25) is 11.8 Å². The number of hydrazine groups is 1. The summed E-state index contributed by atoms with van der Waals surface area (Å²) in [6, 6.07) is 16.0. The van der Waals surface area contributed by atoms with Gasteiger partial charge in [-0.3, -0.25) is 25.2 Å². The van der Waals surface area contributed by atoms with Gasteiger partial charge < -0.3 is 5.32 Å². The summed E-state index contributed by atoms with van der Waals surface area (Å²) in [6.45, 7) is 0. The van der Waals surface area contributed by atoms with Gasteiger partial charge in [0.25, 0.3) is 5.91 Å². The van der Waals surface area contributed by atoms with E-state index in [2.05, 4.69) is 16.2 Å². The van der Waals surface area contributed by atoms with E-state index in [1.54, 1.807) is 48.5 Å². The maximum atomic E-state index is 11.7. The molecular formula is C19H18ClN3O3. The summed E-state index contributed by atoms with van der Waals surface area (Å²) in [6.07, 6.45) is 2.75. The topological polar surface area (TPSA) is 87.3 Å². The van der Waals surface area contributed by atoms with Crippen LogP contribution in [-0.2, 0) is 14.4 Å². The van der Waals surface area contributed by atoms with Gasteiger partial charge in [-0.15, -0.1) is 0 Å². The Morgan fingerprint density at radius 2 is 1.50 bits per heavy atom.